The first-order chi connectivity index (χ1) is 12.6. The summed E-state index contributed by atoms with van der Waals surface area (Å²) >= 11 is 0. The Kier molecular flexibility index (Phi) is 6.00. The summed E-state index contributed by atoms with van der Waals surface area (Å²) in [7, 11) is 0. The van der Waals surface area contributed by atoms with Crippen molar-refractivity contribution in [1.82, 2.24) is 15.5 Å². The molecule has 3 rings (SSSR count). The Bertz CT molecular complexity index is 711. The quantitative estimate of drug-likeness (QED) is 0.788. The number of carbonyl (C=O) groups excluding carboxylic acids is 1. The van der Waals surface area contributed by atoms with E-state index < -0.39 is 11.9 Å². The number of amides is 1. The lowest BCUT2D eigenvalue weighted by Gasteiger charge is -2.31. The van der Waals surface area contributed by atoms with Gasteiger partial charge in [-0.1, -0.05) is 49.3 Å². The highest BCUT2D eigenvalue weighted by Crippen LogP contribution is 2.32. The second-order valence-corrected chi connectivity index (χ2v) is 6.99. The third-order valence-corrected chi connectivity index (χ3v) is 4.74. The molecule has 1 aliphatic rings. The highest BCUT2D eigenvalue weighted by Gasteiger charge is 2.33. The van der Waals surface area contributed by atoms with E-state index in [1.54, 1.807) is 0 Å². The van der Waals surface area contributed by atoms with E-state index in [-0.39, 0.29) is 17.9 Å². The van der Waals surface area contributed by atoms with Crippen LogP contribution in [-0.4, -0.2) is 29.3 Å². The summed E-state index contributed by atoms with van der Waals surface area (Å²) in [6, 6.07) is 8.58. The lowest BCUT2D eigenvalue weighted by molar-refractivity contribution is -0.120. The van der Waals surface area contributed by atoms with Crippen molar-refractivity contribution in [1.29, 1.82) is 0 Å². The van der Waals surface area contributed by atoms with Gasteiger partial charge < -0.3 is 15.0 Å². The fourth-order valence-corrected chi connectivity index (χ4v) is 3.23. The summed E-state index contributed by atoms with van der Waals surface area (Å²) in [5.74, 6) is 1.13. The van der Waals surface area contributed by atoms with E-state index in [1.165, 1.54) is 0 Å². The van der Waals surface area contributed by atoms with E-state index in [0.717, 1.165) is 18.4 Å². The molecule has 26 heavy (non-hydrogen) atoms. The van der Waals surface area contributed by atoms with Crippen LogP contribution in [0.15, 0.2) is 34.9 Å². The molecule has 1 aromatic heterocycles. The van der Waals surface area contributed by atoms with Crippen LogP contribution in [0.4, 0.5) is 0 Å². The molecule has 0 unspecified atom stereocenters. The molecule has 2 aromatic rings. The SMILES string of the molecule is CC(C)c1noc([C@H](N[C@@H](C(N)=O)c2ccccc2)C2CCOCC2)n1. The zero-order chi connectivity index (χ0) is 18.5. The second kappa shape index (κ2) is 8.42. The number of aromatic nitrogens is 2. The van der Waals surface area contributed by atoms with Gasteiger partial charge in [0, 0.05) is 19.1 Å². The molecule has 0 bridgehead atoms. The summed E-state index contributed by atoms with van der Waals surface area (Å²) in [6.45, 7) is 5.39. The monoisotopic (exact) mass is 358 g/mol. The van der Waals surface area contributed by atoms with E-state index in [1.807, 2.05) is 44.2 Å². The van der Waals surface area contributed by atoms with E-state index in [0.29, 0.717) is 24.9 Å². The number of nitrogens with two attached hydrogens (primary N) is 1. The minimum Gasteiger partial charge on any atom is -0.381 e. The van der Waals surface area contributed by atoms with Crippen molar-refractivity contribution in [3.63, 3.8) is 0 Å². The Morgan fingerprint density at radius 1 is 1.23 bits per heavy atom. The van der Waals surface area contributed by atoms with Crippen LogP contribution in [0.25, 0.3) is 0 Å². The lowest BCUT2D eigenvalue weighted by Crippen LogP contribution is -2.40. The van der Waals surface area contributed by atoms with Crippen molar-refractivity contribution in [2.45, 2.75) is 44.7 Å². The molecular weight excluding hydrogens is 332 g/mol. The van der Waals surface area contributed by atoms with Crippen LogP contribution in [0.5, 0.6) is 0 Å². The standard InChI is InChI=1S/C19H26N4O3/c1-12(2)18-22-19(26-23-18)16(14-8-10-25-11-9-14)21-15(17(20)24)13-6-4-3-5-7-13/h3-7,12,14-16,21H,8-11H2,1-2H3,(H2,20,24)/t15-,16-/m1/s1. The van der Waals surface area contributed by atoms with Crippen LogP contribution in [0, 0.1) is 5.92 Å². The van der Waals surface area contributed by atoms with Crippen molar-refractivity contribution >= 4 is 5.91 Å². The summed E-state index contributed by atoms with van der Waals surface area (Å²) in [5, 5.41) is 7.46. The minimum atomic E-state index is -0.626. The molecule has 1 amide bonds. The normalized spacial score (nSPS) is 18.0. The number of primary amides is 1. The van der Waals surface area contributed by atoms with Crippen LogP contribution >= 0.6 is 0 Å². The molecule has 1 aliphatic heterocycles. The maximum atomic E-state index is 12.1. The predicted octanol–water partition coefficient (Wildman–Crippen LogP) is 2.48. The number of benzene rings is 1. The first kappa shape index (κ1) is 18.5. The Balaban J connectivity index is 1.89. The Labute approximate surface area is 153 Å². The highest BCUT2D eigenvalue weighted by atomic mass is 16.5. The molecule has 140 valence electrons. The second-order valence-electron chi connectivity index (χ2n) is 6.99. The maximum Gasteiger partial charge on any atom is 0.244 e. The number of nitrogens with zero attached hydrogens (tertiary/aromatic N) is 2. The summed E-state index contributed by atoms with van der Waals surface area (Å²) in [6.07, 6.45) is 1.72. The van der Waals surface area contributed by atoms with E-state index in [4.69, 9.17) is 15.0 Å². The molecule has 1 fully saturated rings. The largest absolute Gasteiger partial charge is 0.381 e. The summed E-state index contributed by atoms with van der Waals surface area (Å²) in [4.78, 5) is 16.7. The van der Waals surface area contributed by atoms with Gasteiger partial charge in [-0.3, -0.25) is 10.1 Å². The van der Waals surface area contributed by atoms with Gasteiger partial charge in [-0.2, -0.15) is 4.98 Å². The van der Waals surface area contributed by atoms with Crippen LogP contribution in [-0.2, 0) is 9.53 Å². The van der Waals surface area contributed by atoms with Crippen LogP contribution in [0.1, 0.15) is 62.0 Å². The average Bonchev–Trinajstić information content (AvgIpc) is 3.14. The van der Waals surface area contributed by atoms with Gasteiger partial charge in [-0.15, -0.1) is 0 Å². The van der Waals surface area contributed by atoms with Gasteiger partial charge in [0.15, 0.2) is 5.82 Å². The van der Waals surface area contributed by atoms with Gasteiger partial charge in [-0.25, -0.2) is 0 Å². The zero-order valence-corrected chi connectivity index (χ0v) is 15.2. The van der Waals surface area contributed by atoms with Gasteiger partial charge in [0.2, 0.25) is 11.8 Å². The number of carbonyl (C=O) groups is 1. The Hall–Kier alpha value is -2.25. The number of ether oxygens (including phenoxy) is 1. The highest BCUT2D eigenvalue weighted by molar-refractivity contribution is 5.81. The molecule has 1 saturated heterocycles. The molecule has 7 nitrogen and oxygen atoms in total. The predicted molar refractivity (Wildman–Crippen MR) is 96.2 cm³/mol. The molecule has 0 saturated carbocycles. The fourth-order valence-electron chi connectivity index (χ4n) is 3.23. The molecule has 3 N–H and O–H groups in total. The topological polar surface area (TPSA) is 103 Å². The molecule has 0 aliphatic carbocycles. The fraction of sp³-hybridized carbons (Fsp3) is 0.526. The average molecular weight is 358 g/mol. The van der Waals surface area contributed by atoms with Gasteiger partial charge in [0.25, 0.3) is 0 Å². The summed E-state index contributed by atoms with van der Waals surface area (Å²) in [5.41, 5.74) is 6.51. The van der Waals surface area contributed by atoms with E-state index >= 15 is 0 Å². The third-order valence-electron chi connectivity index (χ3n) is 4.74. The molecule has 0 radical (unpaired) electrons. The third kappa shape index (κ3) is 4.28. The van der Waals surface area contributed by atoms with Crippen molar-refractivity contribution in [2.75, 3.05) is 13.2 Å². The van der Waals surface area contributed by atoms with Crippen molar-refractivity contribution in [2.24, 2.45) is 11.7 Å². The van der Waals surface area contributed by atoms with Gasteiger partial charge in [0.1, 0.15) is 6.04 Å². The lowest BCUT2D eigenvalue weighted by atomic mass is 9.90. The number of nitrogens with one attached hydrogen (secondary N) is 1. The summed E-state index contributed by atoms with van der Waals surface area (Å²) < 4.78 is 11.0. The van der Waals surface area contributed by atoms with E-state index in [2.05, 4.69) is 15.5 Å². The van der Waals surface area contributed by atoms with E-state index in [9.17, 15) is 4.79 Å². The van der Waals surface area contributed by atoms with Crippen molar-refractivity contribution in [3.8, 4) is 0 Å². The number of hydrogen-bond acceptors (Lipinski definition) is 6. The van der Waals surface area contributed by atoms with Gasteiger partial charge in [0.05, 0.1) is 6.04 Å². The van der Waals surface area contributed by atoms with Crippen LogP contribution < -0.4 is 11.1 Å². The van der Waals surface area contributed by atoms with Gasteiger partial charge in [-0.05, 0) is 24.3 Å². The maximum absolute atomic E-state index is 12.1. The first-order valence-corrected chi connectivity index (χ1v) is 9.07. The Morgan fingerprint density at radius 3 is 2.50 bits per heavy atom. The van der Waals surface area contributed by atoms with Crippen molar-refractivity contribution in [3.05, 3.63) is 47.6 Å². The molecular formula is C19H26N4O3. The molecule has 7 heteroatoms. The van der Waals surface area contributed by atoms with Crippen LogP contribution in [0.3, 0.4) is 0 Å². The number of rotatable bonds is 7. The first-order valence-electron chi connectivity index (χ1n) is 9.07. The van der Waals surface area contributed by atoms with Crippen LogP contribution in [0.2, 0.25) is 0 Å². The molecule has 2 atom stereocenters. The molecule has 0 spiro atoms. The smallest absolute Gasteiger partial charge is 0.244 e. The van der Waals surface area contributed by atoms with Gasteiger partial charge >= 0.3 is 0 Å². The minimum absolute atomic E-state index is 0.170. The molecule has 1 aromatic carbocycles. The van der Waals surface area contributed by atoms with Crippen molar-refractivity contribution < 1.29 is 14.1 Å². The molecule has 2 heterocycles. The number of hydrogen-bond donors (Lipinski definition) is 2. The zero-order valence-electron chi connectivity index (χ0n) is 15.2. The Morgan fingerprint density at radius 2 is 1.92 bits per heavy atom.